The van der Waals surface area contributed by atoms with Crippen molar-refractivity contribution in [2.45, 2.75) is 30.7 Å². The van der Waals surface area contributed by atoms with Gasteiger partial charge in [-0.25, -0.2) is 12.7 Å². The molecule has 3 rings (SSSR count). The molecule has 0 saturated heterocycles. The number of rotatable bonds is 4. The third-order valence-corrected chi connectivity index (χ3v) is 5.70. The fourth-order valence-corrected chi connectivity index (χ4v) is 4.06. The van der Waals surface area contributed by atoms with Gasteiger partial charge in [0, 0.05) is 6.04 Å². The molecule has 1 atom stereocenters. The maximum atomic E-state index is 12.3. The SMILES string of the molecule is C[C@H](NC(=O)CN1C(=O)c2ccccc2S1(=O)=O)C1CC1. The molecule has 2 aliphatic rings. The van der Waals surface area contributed by atoms with Crippen molar-refractivity contribution in [1.82, 2.24) is 9.62 Å². The van der Waals surface area contributed by atoms with Gasteiger partial charge in [0.05, 0.1) is 5.56 Å². The van der Waals surface area contributed by atoms with Crippen LogP contribution in [-0.2, 0) is 14.8 Å². The number of benzene rings is 1. The second kappa shape index (κ2) is 4.84. The fraction of sp³-hybridized carbons (Fsp3) is 0.429. The van der Waals surface area contributed by atoms with E-state index in [4.69, 9.17) is 0 Å². The minimum Gasteiger partial charge on any atom is -0.352 e. The topological polar surface area (TPSA) is 83.6 Å². The molecule has 112 valence electrons. The van der Waals surface area contributed by atoms with Crippen LogP contribution in [-0.4, -0.2) is 37.1 Å². The summed E-state index contributed by atoms with van der Waals surface area (Å²) >= 11 is 0. The number of fused-ring (bicyclic) bond motifs is 1. The number of hydrogen-bond donors (Lipinski definition) is 1. The molecule has 1 aliphatic heterocycles. The van der Waals surface area contributed by atoms with Gasteiger partial charge < -0.3 is 5.32 Å². The molecule has 0 unspecified atom stereocenters. The number of amides is 2. The van der Waals surface area contributed by atoms with Crippen molar-refractivity contribution in [3.8, 4) is 0 Å². The molecule has 6 nitrogen and oxygen atoms in total. The summed E-state index contributed by atoms with van der Waals surface area (Å²) in [5.74, 6) is -0.615. The number of nitrogens with zero attached hydrogens (tertiary/aromatic N) is 1. The van der Waals surface area contributed by atoms with Crippen LogP contribution in [0.3, 0.4) is 0 Å². The predicted octanol–water partition coefficient (Wildman–Crippen LogP) is 0.746. The zero-order valence-electron chi connectivity index (χ0n) is 11.6. The monoisotopic (exact) mass is 308 g/mol. The van der Waals surface area contributed by atoms with Gasteiger partial charge in [-0.15, -0.1) is 0 Å². The lowest BCUT2D eigenvalue weighted by atomic mass is 10.2. The number of sulfonamides is 1. The molecular formula is C14H16N2O4S. The number of carbonyl (C=O) groups is 2. The Bertz CT molecular complexity index is 709. The molecule has 1 heterocycles. The minimum atomic E-state index is -3.91. The second-order valence-corrected chi connectivity index (χ2v) is 7.34. The van der Waals surface area contributed by atoms with Crippen molar-refractivity contribution in [2.24, 2.45) is 5.92 Å². The van der Waals surface area contributed by atoms with Gasteiger partial charge in [-0.1, -0.05) is 12.1 Å². The highest BCUT2D eigenvalue weighted by Gasteiger charge is 2.42. The highest BCUT2D eigenvalue weighted by molar-refractivity contribution is 7.90. The summed E-state index contributed by atoms with van der Waals surface area (Å²) in [4.78, 5) is 24.1. The van der Waals surface area contributed by atoms with Crippen molar-refractivity contribution in [3.63, 3.8) is 0 Å². The Morgan fingerprint density at radius 3 is 2.67 bits per heavy atom. The summed E-state index contributed by atoms with van der Waals surface area (Å²) in [6, 6.07) is 6.01. The predicted molar refractivity (Wildman–Crippen MR) is 75.0 cm³/mol. The molecular weight excluding hydrogens is 292 g/mol. The average Bonchev–Trinajstić information content (AvgIpc) is 3.25. The van der Waals surface area contributed by atoms with Crippen LogP contribution in [0, 0.1) is 5.92 Å². The maximum absolute atomic E-state index is 12.3. The van der Waals surface area contributed by atoms with E-state index in [0.29, 0.717) is 10.2 Å². The van der Waals surface area contributed by atoms with E-state index in [1.54, 1.807) is 12.1 Å². The summed E-state index contributed by atoms with van der Waals surface area (Å²) in [6.07, 6.45) is 2.15. The van der Waals surface area contributed by atoms with E-state index in [1.165, 1.54) is 12.1 Å². The Labute approximate surface area is 123 Å². The Hall–Kier alpha value is -1.89. The summed E-state index contributed by atoms with van der Waals surface area (Å²) in [5.41, 5.74) is 0.126. The van der Waals surface area contributed by atoms with Crippen LogP contribution >= 0.6 is 0 Å². The van der Waals surface area contributed by atoms with E-state index in [-0.39, 0.29) is 16.5 Å². The summed E-state index contributed by atoms with van der Waals surface area (Å²) in [5, 5.41) is 2.76. The molecule has 0 radical (unpaired) electrons. The van der Waals surface area contributed by atoms with Gasteiger partial charge in [0.1, 0.15) is 11.4 Å². The number of nitrogens with one attached hydrogen (secondary N) is 1. The molecule has 1 aromatic carbocycles. The number of hydrogen-bond acceptors (Lipinski definition) is 4. The number of carbonyl (C=O) groups excluding carboxylic acids is 2. The van der Waals surface area contributed by atoms with E-state index in [0.717, 1.165) is 12.8 Å². The molecule has 0 bridgehead atoms. The molecule has 1 fully saturated rings. The molecule has 21 heavy (non-hydrogen) atoms. The third kappa shape index (κ3) is 2.42. The molecule has 0 spiro atoms. The van der Waals surface area contributed by atoms with E-state index in [2.05, 4.69) is 5.32 Å². The van der Waals surface area contributed by atoms with Gasteiger partial charge in [0.2, 0.25) is 5.91 Å². The van der Waals surface area contributed by atoms with Crippen LogP contribution in [0.15, 0.2) is 29.2 Å². The Morgan fingerprint density at radius 1 is 1.38 bits per heavy atom. The summed E-state index contributed by atoms with van der Waals surface area (Å²) in [6.45, 7) is 1.43. The molecule has 1 saturated carbocycles. The first-order chi connectivity index (χ1) is 9.91. The zero-order valence-corrected chi connectivity index (χ0v) is 12.4. The highest BCUT2D eigenvalue weighted by Crippen LogP contribution is 2.32. The lowest BCUT2D eigenvalue weighted by molar-refractivity contribution is -0.121. The standard InChI is InChI=1S/C14H16N2O4S/c1-9(10-6-7-10)15-13(17)8-16-14(18)11-4-2-3-5-12(11)21(16,19)20/h2-5,9-10H,6-8H2,1H3,(H,15,17)/t9-/m0/s1. The summed E-state index contributed by atoms with van der Waals surface area (Å²) in [7, 11) is -3.91. The van der Waals surface area contributed by atoms with Crippen LogP contribution in [0.5, 0.6) is 0 Å². The molecule has 1 N–H and O–H groups in total. The van der Waals surface area contributed by atoms with Gasteiger partial charge in [-0.2, -0.15) is 0 Å². The zero-order chi connectivity index (χ0) is 15.2. The smallest absolute Gasteiger partial charge is 0.269 e. The van der Waals surface area contributed by atoms with Crippen molar-refractivity contribution < 1.29 is 18.0 Å². The van der Waals surface area contributed by atoms with Gasteiger partial charge in [-0.05, 0) is 37.8 Å². The lowest BCUT2D eigenvalue weighted by Gasteiger charge is -2.17. The Kier molecular flexibility index (Phi) is 3.24. The van der Waals surface area contributed by atoms with E-state index in [1.807, 2.05) is 6.92 Å². The van der Waals surface area contributed by atoms with Gasteiger partial charge in [0.25, 0.3) is 15.9 Å². The van der Waals surface area contributed by atoms with Crippen molar-refractivity contribution in [3.05, 3.63) is 29.8 Å². The fourth-order valence-electron chi connectivity index (χ4n) is 2.53. The summed E-state index contributed by atoms with van der Waals surface area (Å²) < 4.78 is 25.2. The van der Waals surface area contributed by atoms with Crippen LogP contribution in [0.4, 0.5) is 0 Å². The second-order valence-electron chi connectivity index (χ2n) is 5.51. The minimum absolute atomic E-state index is 0.0142. The third-order valence-electron chi connectivity index (χ3n) is 3.92. The van der Waals surface area contributed by atoms with E-state index >= 15 is 0 Å². The van der Waals surface area contributed by atoms with E-state index < -0.39 is 28.4 Å². The largest absolute Gasteiger partial charge is 0.352 e. The first-order valence-electron chi connectivity index (χ1n) is 6.86. The first-order valence-corrected chi connectivity index (χ1v) is 8.30. The quantitative estimate of drug-likeness (QED) is 0.889. The molecule has 1 aliphatic carbocycles. The van der Waals surface area contributed by atoms with Crippen molar-refractivity contribution >= 4 is 21.8 Å². The average molecular weight is 308 g/mol. The van der Waals surface area contributed by atoms with Gasteiger partial charge in [-0.3, -0.25) is 9.59 Å². The molecule has 2 amide bonds. The van der Waals surface area contributed by atoms with Crippen molar-refractivity contribution in [2.75, 3.05) is 6.54 Å². The van der Waals surface area contributed by atoms with E-state index in [9.17, 15) is 18.0 Å². The Balaban J connectivity index is 1.77. The maximum Gasteiger partial charge on any atom is 0.269 e. The highest BCUT2D eigenvalue weighted by atomic mass is 32.2. The van der Waals surface area contributed by atoms with Crippen LogP contribution in [0.25, 0.3) is 0 Å². The van der Waals surface area contributed by atoms with Gasteiger partial charge in [0.15, 0.2) is 0 Å². The molecule has 1 aromatic rings. The van der Waals surface area contributed by atoms with Crippen LogP contribution in [0.2, 0.25) is 0 Å². The Morgan fingerprint density at radius 2 is 2.05 bits per heavy atom. The first kappa shape index (κ1) is 14.1. The normalized spacial score (nSPS) is 21.0. The van der Waals surface area contributed by atoms with Crippen LogP contribution in [0.1, 0.15) is 30.1 Å². The van der Waals surface area contributed by atoms with Crippen LogP contribution < -0.4 is 5.32 Å². The van der Waals surface area contributed by atoms with Gasteiger partial charge >= 0.3 is 0 Å². The van der Waals surface area contributed by atoms with Crippen molar-refractivity contribution in [1.29, 1.82) is 0 Å². The lowest BCUT2D eigenvalue weighted by Crippen LogP contribution is -2.43. The molecule has 0 aromatic heterocycles. The molecule has 7 heteroatoms.